The van der Waals surface area contributed by atoms with Crippen LogP contribution in [0.25, 0.3) is 10.8 Å². The van der Waals surface area contributed by atoms with Gasteiger partial charge in [0.25, 0.3) is 0 Å². The predicted molar refractivity (Wildman–Crippen MR) is 75.9 cm³/mol. The van der Waals surface area contributed by atoms with Gasteiger partial charge in [0.15, 0.2) is 0 Å². The Morgan fingerprint density at radius 3 is 2.56 bits per heavy atom. The fourth-order valence-electron chi connectivity index (χ4n) is 2.14. The van der Waals surface area contributed by atoms with E-state index in [2.05, 4.69) is 47.6 Å². The average Bonchev–Trinajstić information content (AvgIpc) is 2.38. The second-order valence-electron chi connectivity index (χ2n) is 4.57. The van der Waals surface area contributed by atoms with Crippen molar-refractivity contribution in [1.82, 2.24) is 10.2 Å². The molecule has 3 nitrogen and oxygen atoms in total. The van der Waals surface area contributed by atoms with E-state index in [1.165, 1.54) is 16.3 Å². The molecule has 18 heavy (non-hydrogen) atoms. The van der Waals surface area contributed by atoms with E-state index in [-0.39, 0.29) is 0 Å². The molecule has 2 aromatic carbocycles. The van der Waals surface area contributed by atoms with Crippen molar-refractivity contribution in [1.29, 1.82) is 0 Å². The van der Waals surface area contributed by atoms with Crippen LogP contribution in [0.4, 0.5) is 0 Å². The minimum Gasteiger partial charge on any atom is -0.497 e. The molecule has 96 valence electrons. The Labute approximate surface area is 108 Å². The molecular formula is C15H20N2O. The zero-order valence-corrected chi connectivity index (χ0v) is 11.2. The Hall–Kier alpha value is -1.58. The monoisotopic (exact) mass is 244 g/mol. The Bertz CT molecular complexity index is 525. The van der Waals surface area contributed by atoms with Gasteiger partial charge in [-0.15, -0.1) is 0 Å². The van der Waals surface area contributed by atoms with Gasteiger partial charge < -0.3 is 10.1 Å². The molecule has 0 radical (unpaired) electrons. The third-order valence-corrected chi connectivity index (χ3v) is 2.99. The smallest absolute Gasteiger partial charge is 0.119 e. The number of nitrogens with zero attached hydrogens (tertiary/aromatic N) is 1. The van der Waals surface area contributed by atoms with E-state index in [0.717, 1.165) is 19.0 Å². The lowest BCUT2D eigenvalue weighted by molar-refractivity contribution is 0.310. The number of rotatable bonds is 5. The maximum atomic E-state index is 5.23. The van der Waals surface area contributed by atoms with Crippen LogP contribution in [-0.2, 0) is 6.54 Å². The van der Waals surface area contributed by atoms with Crippen molar-refractivity contribution in [2.45, 2.75) is 6.54 Å². The second-order valence-corrected chi connectivity index (χ2v) is 4.57. The van der Waals surface area contributed by atoms with Crippen molar-refractivity contribution in [2.75, 3.05) is 27.9 Å². The average molecular weight is 244 g/mol. The highest BCUT2D eigenvalue weighted by Gasteiger charge is 2.01. The predicted octanol–water partition coefficient (Wildman–Crippen LogP) is 2.46. The van der Waals surface area contributed by atoms with Gasteiger partial charge in [0.2, 0.25) is 0 Å². The first-order chi connectivity index (χ1) is 8.72. The molecule has 0 atom stereocenters. The molecule has 0 saturated heterocycles. The molecule has 0 saturated carbocycles. The van der Waals surface area contributed by atoms with Crippen LogP contribution in [-0.4, -0.2) is 32.8 Å². The van der Waals surface area contributed by atoms with Crippen LogP contribution in [0.5, 0.6) is 5.75 Å². The van der Waals surface area contributed by atoms with Gasteiger partial charge >= 0.3 is 0 Å². The quantitative estimate of drug-likeness (QED) is 0.818. The minimum atomic E-state index is 0.890. The topological polar surface area (TPSA) is 24.5 Å². The molecule has 0 heterocycles. The van der Waals surface area contributed by atoms with Gasteiger partial charge in [-0.3, -0.25) is 4.90 Å². The van der Waals surface area contributed by atoms with E-state index in [9.17, 15) is 0 Å². The van der Waals surface area contributed by atoms with Crippen LogP contribution in [0.3, 0.4) is 0 Å². The lowest BCUT2D eigenvalue weighted by Crippen LogP contribution is -2.27. The van der Waals surface area contributed by atoms with Crippen molar-refractivity contribution in [2.24, 2.45) is 0 Å². The number of fused-ring (bicyclic) bond motifs is 1. The third-order valence-electron chi connectivity index (χ3n) is 2.99. The Kier molecular flexibility index (Phi) is 4.18. The zero-order valence-electron chi connectivity index (χ0n) is 11.2. The van der Waals surface area contributed by atoms with Gasteiger partial charge in [-0.1, -0.05) is 18.2 Å². The van der Waals surface area contributed by atoms with Gasteiger partial charge in [0.1, 0.15) is 5.75 Å². The van der Waals surface area contributed by atoms with Gasteiger partial charge in [-0.25, -0.2) is 0 Å². The first kappa shape index (κ1) is 12.9. The Morgan fingerprint density at radius 2 is 1.83 bits per heavy atom. The number of ether oxygens (including phenoxy) is 1. The van der Waals surface area contributed by atoms with Crippen LogP contribution >= 0.6 is 0 Å². The van der Waals surface area contributed by atoms with Crippen molar-refractivity contribution in [3.05, 3.63) is 42.0 Å². The molecule has 0 aliphatic carbocycles. The van der Waals surface area contributed by atoms with Crippen LogP contribution < -0.4 is 10.1 Å². The summed E-state index contributed by atoms with van der Waals surface area (Å²) in [4.78, 5) is 2.24. The van der Waals surface area contributed by atoms with Crippen molar-refractivity contribution in [3.8, 4) is 5.75 Å². The molecule has 2 aromatic rings. The molecule has 2 rings (SSSR count). The fourth-order valence-corrected chi connectivity index (χ4v) is 2.14. The van der Waals surface area contributed by atoms with E-state index in [4.69, 9.17) is 4.74 Å². The number of hydrogen-bond acceptors (Lipinski definition) is 3. The molecule has 0 fully saturated rings. The largest absolute Gasteiger partial charge is 0.497 e. The molecule has 1 N–H and O–H groups in total. The van der Waals surface area contributed by atoms with Crippen LogP contribution in [0, 0.1) is 0 Å². The minimum absolute atomic E-state index is 0.890. The normalized spacial score (nSPS) is 11.1. The molecule has 0 aromatic heterocycles. The summed E-state index contributed by atoms with van der Waals surface area (Å²) in [6, 6.07) is 12.7. The molecule has 3 heteroatoms. The van der Waals surface area contributed by atoms with Crippen molar-refractivity contribution >= 4 is 10.8 Å². The molecule has 0 amide bonds. The molecule has 0 bridgehead atoms. The zero-order chi connectivity index (χ0) is 13.0. The summed E-state index contributed by atoms with van der Waals surface area (Å²) in [7, 11) is 5.76. The van der Waals surface area contributed by atoms with E-state index in [1.54, 1.807) is 7.11 Å². The summed E-state index contributed by atoms with van der Waals surface area (Å²) in [6.45, 7) is 1.84. The van der Waals surface area contributed by atoms with Crippen molar-refractivity contribution in [3.63, 3.8) is 0 Å². The molecule has 0 aliphatic rings. The number of methoxy groups -OCH3 is 1. The summed E-state index contributed by atoms with van der Waals surface area (Å²) in [5.41, 5.74) is 1.32. The number of hydrogen-bond donors (Lipinski definition) is 1. The van der Waals surface area contributed by atoms with Gasteiger partial charge in [-0.2, -0.15) is 0 Å². The Morgan fingerprint density at radius 1 is 1.11 bits per heavy atom. The SMILES string of the molecule is CNCN(C)Cc1ccc2cc(OC)ccc2c1. The maximum Gasteiger partial charge on any atom is 0.119 e. The van der Waals surface area contributed by atoms with Gasteiger partial charge in [0, 0.05) is 13.2 Å². The first-order valence-electron chi connectivity index (χ1n) is 6.13. The number of nitrogens with one attached hydrogen (secondary N) is 1. The van der Waals surface area contributed by atoms with Crippen LogP contribution in [0.1, 0.15) is 5.56 Å². The lowest BCUT2D eigenvalue weighted by Gasteiger charge is -2.16. The summed E-state index contributed by atoms with van der Waals surface area (Å²) in [5.74, 6) is 0.905. The van der Waals surface area contributed by atoms with Gasteiger partial charge in [-0.05, 0) is 48.6 Å². The van der Waals surface area contributed by atoms with Crippen LogP contribution in [0.15, 0.2) is 36.4 Å². The lowest BCUT2D eigenvalue weighted by atomic mass is 10.1. The highest BCUT2D eigenvalue weighted by Crippen LogP contribution is 2.22. The van der Waals surface area contributed by atoms with Crippen LogP contribution in [0.2, 0.25) is 0 Å². The Balaban J connectivity index is 2.22. The molecular weight excluding hydrogens is 224 g/mol. The van der Waals surface area contributed by atoms with E-state index in [0.29, 0.717) is 0 Å². The molecule has 0 unspecified atom stereocenters. The van der Waals surface area contributed by atoms with E-state index >= 15 is 0 Å². The summed E-state index contributed by atoms with van der Waals surface area (Å²) in [6.07, 6.45) is 0. The standard InChI is InChI=1S/C15H20N2O/c1-16-11-17(2)10-12-4-5-14-9-15(18-3)7-6-13(14)8-12/h4-9,16H,10-11H2,1-3H3. The maximum absolute atomic E-state index is 5.23. The second kappa shape index (κ2) is 5.85. The molecule has 0 spiro atoms. The molecule has 0 aliphatic heterocycles. The van der Waals surface area contributed by atoms with Gasteiger partial charge in [0.05, 0.1) is 7.11 Å². The highest BCUT2D eigenvalue weighted by molar-refractivity contribution is 5.84. The first-order valence-corrected chi connectivity index (χ1v) is 6.13. The van der Waals surface area contributed by atoms with E-state index < -0.39 is 0 Å². The number of benzene rings is 2. The summed E-state index contributed by atoms with van der Waals surface area (Å²) in [5, 5.41) is 5.62. The summed E-state index contributed by atoms with van der Waals surface area (Å²) < 4.78 is 5.23. The highest BCUT2D eigenvalue weighted by atomic mass is 16.5. The fraction of sp³-hybridized carbons (Fsp3) is 0.333. The third kappa shape index (κ3) is 3.00. The van der Waals surface area contributed by atoms with Crippen molar-refractivity contribution < 1.29 is 4.74 Å². The summed E-state index contributed by atoms with van der Waals surface area (Å²) >= 11 is 0. The van der Waals surface area contributed by atoms with E-state index in [1.807, 2.05) is 13.1 Å².